The van der Waals surface area contributed by atoms with E-state index in [1.165, 1.54) is 12.1 Å². The van der Waals surface area contributed by atoms with Crippen LogP contribution >= 0.6 is 11.3 Å². The third-order valence-electron chi connectivity index (χ3n) is 5.79. The van der Waals surface area contributed by atoms with Crippen molar-refractivity contribution in [1.82, 2.24) is 0 Å². The Morgan fingerprint density at radius 3 is 2.39 bits per heavy atom. The molecule has 0 spiro atoms. The predicted molar refractivity (Wildman–Crippen MR) is 115 cm³/mol. The summed E-state index contributed by atoms with van der Waals surface area (Å²) < 4.78 is 20.7. The van der Waals surface area contributed by atoms with Crippen molar-refractivity contribution < 1.29 is 29.6 Å². The first-order chi connectivity index (χ1) is 15.0. The van der Waals surface area contributed by atoms with Gasteiger partial charge in [0.25, 0.3) is 0 Å². The van der Waals surface area contributed by atoms with Crippen LogP contribution in [0.15, 0.2) is 66.0 Å². The van der Waals surface area contributed by atoms with Crippen LogP contribution in [0, 0.1) is 5.82 Å². The normalized spacial score (nSPS) is 27.2. The van der Waals surface area contributed by atoms with Gasteiger partial charge in [0.15, 0.2) is 0 Å². The fourth-order valence-electron chi connectivity index (χ4n) is 4.09. The van der Waals surface area contributed by atoms with E-state index >= 15 is 4.39 Å². The van der Waals surface area contributed by atoms with Gasteiger partial charge in [-0.3, -0.25) is 0 Å². The lowest BCUT2D eigenvalue weighted by atomic mass is 9.86. The first-order valence-electron chi connectivity index (χ1n) is 10.2. The van der Waals surface area contributed by atoms with E-state index < -0.39 is 37.1 Å². The lowest BCUT2D eigenvalue weighted by Crippen LogP contribution is -2.55. The molecular weight excluding hydrogens is 419 g/mol. The molecule has 0 amide bonds. The van der Waals surface area contributed by atoms with Crippen LogP contribution in [0.5, 0.6) is 0 Å². The third-order valence-corrected chi connectivity index (χ3v) is 6.77. The highest BCUT2D eigenvalue weighted by atomic mass is 32.1. The fraction of sp³-hybridized carbons (Fsp3) is 0.333. The molecule has 1 aliphatic heterocycles. The number of hydrogen-bond donors (Lipinski definition) is 4. The smallest absolute Gasteiger partial charge is 0.127 e. The van der Waals surface area contributed by atoms with E-state index in [2.05, 4.69) is 0 Å². The SMILES string of the molecule is OC[C@H]1O[C@@H](c2ccc(F)c(C(Cc3ccccc3)c3cccs3)c2)[C@H](O)[C@@H](O)[C@@H]1O. The van der Waals surface area contributed by atoms with Crippen molar-refractivity contribution in [2.24, 2.45) is 0 Å². The van der Waals surface area contributed by atoms with Crippen molar-refractivity contribution in [3.8, 4) is 0 Å². The van der Waals surface area contributed by atoms with Gasteiger partial charge in [-0.15, -0.1) is 11.3 Å². The van der Waals surface area contributed by atoms with Gasteiger partial charge in [-0.1, -0.05) is 42.5 Å². The van der Waals surface area contributed by atoms with Crippen molar-refractivity contribution >= 4 is 11.3 Å². The van der Waals surface area contributed by atoms with Crippen LogP contribution in [-0.4, -0.2) is 51.4 Å². The summed E-state index contributed by atoms with van der Waals surface area (Å²) in [5.74, 6) is -0.616. The van der Waals surface area contributed by atoms with E-state index in [1.54, 1.807) is 17.4 Å². The van der Waals surface area contributed by atoms with E-state index in [0.29, 0.717) is 17.5 Å². The molecule has 31 heavy (non-hydrogen) atoms. The predicted octanol–water partition coefficient (Wildman–Crippen LogP) is 2.78. The maximum Gasteiger partial charge on any atom is 0.127 e. The average molecular weight is 445 g/mol. The van der Waals surface area contributed by atoms with Crippen LogP contribution in [-0.2, 0) is 11.2 Å². The molecule has 164 valence electrons. The summed E-state index contributed by atoms with van der Waals surface area (Å²) in [5.41, 5.74) is 2.00. The molecule has 1 fully saturated rings. The lowest BCUT2D eigenvalue weighted by molar-refractivity contribution is -0.231. The van der Waals surface area contributed by atoms with Gasteiger partial charge in [0.05, 0.1) is 6.61 Å². The maximum absolute atomic E-state index is 15.0. The van der Waals surface area contributed by atoms with Crippen molar-refractivity contribution in [1.29, 1.82) is 0 Å². The van der Waals surface area contributed by atoms with E-state index in [9.17, 15) is 20.4 Å². The minimum atomic E-state index is -1.48. The number of halogens is 1. The molecule has 7 heteroatoms. The Bertz CT molecular complexity index is 979. The number of hydrogen-bond acceptors (Lipinski definition) is 6. The lowest BCUT2D eigenvalue weighted by Gasteiger charge is -2.40. The van der Waals surface area contributed by atoms with E-state index in [0.717, 1.165) is 10.4 Å². The molecule has 6 atom stereocenters. The Labute approximate surface area is 184 Å². The van der Waals surface area contributed by atoms with Gasteiger partial charge in [0, 0.05) is 10.8 Å². The van der Waals surface area contributed by atoms with Crippen LogP contribution in [0.3, 0.4) is 0 Å². The highest BCUT2D eigenvalue weighted by molar-refractivity contribution is 7.10. The van der Waals surface area contributed by atoms with Crippen LogP contribution < -0.4 is 0 Å². The monoisotopic (exact) mass is 444 g/mol. The molecule has 2 aromatic carbocycles. The molecule has 5 nitrogen and oxygen atoms in total. The van der Waals surface area contributed by atoms with Crippen molar-refractivity contribution in [2.45, 2.75) is 42.9 Å². The number of aliphatic hydroxyl groups excluding tert-OH is 4. The molecule has 4 N–H and O–H groups in total. The third kappa shape index (κ3) is 4.57. The second kappa shape index (κ2) is 9.56. The Kier molecular flexibility index (Phi) is 6.81. The van der Waals surface area contributed by atoms with Gasteiger partial charge in [-0.25, -0.2) is 4.39 Å². The Morgan fingerprint density at radius 2 is 1.71 bits per heavy atom. The molecule has 1 unspecified atom stereocenters. The largest absolute Gasteiger partial charge is 0.394 e. The molecule has 1 aliphatic rings. The summed E-state index contributed by atoms with van der Waals surface area (Å²) in [4.78, 5) is 1.01. The topological polar surface area (TPSA) is 90.2 Å². The van der Waals surface area contributed by atoms with Crippen molar-refractivity contribution in [3.05, 3.63) is 93.4 Å². The van der Waals surface area contributed by atoms with Crippen LogP contribution in [0.1, 0.15) is 33.6 Å². The molecule has 2 heterocycles. The molecular formula is C24H25FO5S. The number of benzene rings is 2. The molecule has 0 aliphatic carbocycles. The average Bonchev–Trinajstić information content (AvgIpc) is 3.32. The molecule has 1 aromatic heterocycles. The van der Waals surface area contributed by atoms with Crippen LogP contribution in [0.25, 0.3) is 0 Å². The van der Waals surface area contributed by atoms with Gasteiger partial charge >= 0.3 is 0 Å². The van der Waals surface area contributed by atoms with E-state index in [4.69, 9.17) is 4.74 Å². The highest BCUT2D eigenvalue weighted by Gasteiger charge is 2.44. The molecule has 3 aromatic rings. The fourth-order valence-corrected chi connectivity index (χ4v) is 4.93. The second-order valence-electron chi connectivity index (χ2n) is 7.79. The second-order valence-corrected chi connectivity index (χ2v) is 8.77. The Morgan fingerprint density at radius 1 is 0.935 bits per heavy atom. The number of thiophene rings is 1. The highest BCUT2D eigenvalue weighted by Crippen LogP contribution is 2.37. The minimum Gasteiger partial charge on any atom is -0.394 e. The van der Waals surface area contributed by atoms with Gasteiger partial charge in [0.2, 0.25) is 0 Å². The summed E-state index contributed by atoms with van der Waals surface area (Å²) in [5, 5.41) is 42.1. The van der Waals surface area contributed by atoms with Crippen molar-refractivity contribution in [2.75, 3.05) is 6.61 Å². The van der Waals surface area contributed by atoms with Crippen LogP contribution in [0.4, 0.5) is 4.39 Å². The molecule has 0 saturated carbocycles. The standard InChI is InChI=1S/C24H25FO5S/c25-18-9-8-15(24-23(29)22(28)21(27)19(13-26)30-24)12-16(18)17(20-7-4-10-31-20)11-14-5-2-1-3-6-14/h1-10,12,17,19,21-24,26-29H,11,13H2/t17?,19-,21-,22+,23-,24+/m1/s1. The zero-order chi connectivity index (χ0) is 22.0. The Balaban J connectivity index is 1.71. The summed E-state index contributed by atoms with van der Waals surface area (Å²) in [6, 6.07) is 18.2. The number of aliphatic hydroxyl groups is 4. The number of rotatable bonds is 6. The molecule has 0 bridgehead atoms. The molecule has 1 saturated heterocycles. The Hall–Kier alpha value is -2.13. The summed E-state index contributed by atoms with van der Waals surface area (Å²) in [6.07, 6.45) is -5.76. The van der Waals surface area contributed by atoms with Crippen LogP contribution in [0.2, 0.25) is 0 Å². The quantitative estimate of drug-likeness (QED) is 0.470. The van der Waals surface area contributed by atoms with Gasteiger partial charge < -0.3 is 25.2 Å². The summed E-state index contributed by atoms with van der Waals surface area (Å²) >= 11 is 1.55. The molecule has 0 radical (unpaired) electrons. The van der Waals surface area contributed by atoms with E-state index in [1.807, 2.05) is 47.8 Å². The zero-order valence-corrected chi connectivity index (χ0v) is 17.5. The van der Waals surface area contributed by atoms with Gasteiger partial charge in [0.1, 0.15) is 36.3 Å². The summed E-state index contributed by atoms with van der Waals surface area (Å²) in [6.45, 7) is -0.513. The first kappa shape index (κ1) is 22.1. The first-order valence-corrected chi connectivity index (χ1v) is 11.0. The molecule has 4 rings (SSSR count). The zero-order valence-electron chi connectivity index (χ0n) is 16.7. The summed E-state index contributed by atoms with van der Waals surface area (Å²) in [7, 11) is 0. The van der Waals surface area contributed by atoms with Gasteiger partial charge in [-0.05, 0) is 46.7 Å². The van der Waals surface area contributed by atoms with Gasteiger partial charge in [-0.2, -0.15) is 0 Å². The number of ether oxygens (including phenoxy) is 1. The minimum absolute atomic E-state index is 0.243. The van der Waals surface area contributed by atoms with Crippen molar-refractivity contribution in [3.63, 3.8) is 0 Å². The maximum atomic E-state index is 15.0. The van der Waals surface area contributed by atoms with E-state index in [-0.39, 0.29) is 11.7 Å².